The molecule has 1 aromatic heterocycles. The van der Waals surface area contributed by atoms with Crippen LogP contribution in [0.4, 0.5) is 0 Å². The molecule has 2 heterocycles. The van der Waals surface area contributed by atoms with Gasteiger partial charge in [-0.25, -0.2) is 9.78 Å². The number of hydrogen-bond acceptors (Lipinski definition) is 8. The molecule has 0 radical (unpaired) electrons. The summed E-state index contributed by atoms with van der Waals surface area (Å²) in [6, 6.07) is 5.02. The third-order valence-corrected chi connectivity index (χ3v) is 3.96. The van der Waals surface area contributed by atoms with E-state index in [1.807, 2.05) is 0 Å². The summed E-state index contributed by atoms with van der Waals surface area (Å²) in [7, 11) is 2.86. The number of nitrogens with zero attached hydrogens (tertiary/aromatic N) is 2. The Morgan fingerprint density at radius 1 is 1.22 bits per heavy atom. The molecule has 0 bridgehead atoms. The predicted molar refractivity (Wildman–Crippen MR) is 91.6 cm³/mol. The van der Waals surface area contributed by atoms with Gasteiger partial charge in [0.2, 0.25) is 12.7 Å². The van der Waals surface area contributed by atoms with Gasteiger partial charge >= 0.3 is 5.97 Å². The molecule has 9 nitrogen and oxygen atoms in total. The van der Waals surface area contributed by atoms with E-state index in [9.17, 15) is 9.59 Å². The highest BCUT2D eigenvalue weighted by molar-refractivity contribution is 5.95. The van der Waals surface area contributed by atoms with Crippen molar-refractivity contribution in [1.82, 2.24) is 9.88 Å². The molecule has 0 spiro atoms. The number of amides is 1. The first-order valence-electron chi connectivity index (χ1n) is 8.33. The lowest BCUT2D eigenvalue weighted by atomic mass is 10.1. The lowest BCUT2D eigenvalue weighted by Gasteiger charge is -2.21. The summed E-state index contributed by atoms with van der Waals surface area (Å²) in [4.78, 5) is 30.1. The van der Waals surface area contributed by atoms with Crippen molar-refractivity contribution in [2.45, 2.75) is 13.0 Å². The van der Waals surface area contributed by atoms with Crippen LogP contribution in [0.3, 0.4) is 0 Å². The standard InChI is InChI=1S/C18H20N2O7/c1-23-7-3-6-20(9-16-19-13(10-25-16)18(22)24-2)17(21)12-4-5-14-15(8-12)27-11-26-14/h4-5,8,10H,3,6-7,9,11H2,1-2H3. The largest absolute Gasteiger partial charge is 0.464 e. The molecule has 0 aliphatic carbocycles. The molecular weight excluding hydrogens is 356 g/mol. The van der Waals surface area contributed by atoms with Crippen molar-refractivity contribution in [3.8, 4) is 11.5 Å². The molecule has 144 valence electrons. The normalized spacial score (nSPS) is 12.1. The second kappa shape index (κ2) is 8.54. The molecule has 1 aliphatic rings. The van der Waals surface area contributed by atoms with E-state index in [-0.39, 0.29) is 30.8 Å². The van der Waals surface area contributed by atoms with Crippen molar-refractivity contribution in [3.05, 3.63) is 41.6 Å². The Kier molecular flexibility index (Phi) is 5.92. The highest BCUT2D eigenvalue weighted by Crippen LogP contribution is 2.32. The average molecular weight is 376 g/mol. The predicted octanol–water partition coefficient (Wildman–Crippen LogP) is 1.87. The van der Waals surface area contributed by atoms with Gasteiger partial charge in [-0.3, -0.25) is 4.79 Å². The third-order valence-electron chi connectivity index (χ3n) is 3.96. The van der Waals surface area contributed by atoms with Crippen LogP contribution >= 0.6 is 0 Å². The number of esters is 1. The Morgan fingerprint density at radius 2 is 2.04 bits per heavy atom. The van der Waals surface area contributed by atoms with Crippen molar-refractivity contribution in [2.75, 3.05) is 34.2 Å². The van der Waals surface area contributed by atoms with Crippen LogP contribution in [0, 0.1) is 0 Å². The van der Waals surface area contributed by atoms with Gasteiger partial charge in [-0.1, -0.05) is 0 Å². The van der Waals surface area contributed by atoms with Gasteiger partial charge in [0.25, 0.3) is 5.91 Å². The number of ether oxygens (including phenoxy) is 4. The Labute approximate surface area is 155 Å². The maximum Gasteiger partial charge on any atom is 0.360 e. The number of rotatable bonds is 8. The molecule has 0 atom stereocenters. The maximum atomic E-state index is 13.0. The first-order chi connectivity index (χ1) is 13.1. The van der Waals surface area contributed by atoms with Crippen molar-refractivity contribution in [3.63, 3.8) is 0 Å². The van der Waals surface area contributed by atoms with Crippen LogP contribution < -0.4 is 9.47 Å². The minimum Gasteiger partial charge on any atom is -0.464 e. The molecule has 2 aromatic rings. The van der Waals surface area contributed by atoms with E-state index in [0.717, 1.165) is 0 Å². The lowest BCUT2D eigenvalue weighted by Crippen LogP contribution is -2.32. The molecule has 1 aromatic carbocycles. The zero-order valence-corrected chi connectivity index (χ0v) is 15.1. The van der Waals surface area contributed by atoms with E-state index in [2.05, 4.69) is 9.72 Å². The molecule has 3 rings (SSSR count). The molecule has 1 amide bonds. The van der Waals surface area contributed by atoms with Crippen molar-refractivity contribution in [2.24, 2.45) is 0 Å². The molecule has 0 saturated heterocycles. The molecule has 0 fully saturated rings. The molecular formula is C18H20N2O7. The summed E-state index contributed by atoms with van der Waals surface area (Å²) in [5, 5.41) is 0. The maximum absolute atomic E-state index is 13.0. The van der Waals surface area contributed by atoms with Crippen LogP contribution in [-0.4, -0.2) is 55.9 Å². The van der Waals surface area contributed by atoms with E-state index in [4.69, 9.17) is 18.6 Å². The van der Waals surface area contributed by atoms with Crippen LogP contribution in [0.15, 0.2) is 28.9 Å². The highest BCUT2D eigenvalue weighted by atomic mass is 16.7. The molecule has 9 heteroatoms. The first kappa shape index (κ1) is 18.7. The number of fused-ring (bicyclic) bond motifs is 1. The number of hydrogen-bond donors (Lipinski definition) is 0. The van der Waals surface area contributed by atoms with Gasteiger partial charge in [0.05, 0.1) is 13.7 Å². The molecule has 0 N–H and O–H groups in total. The Bertz CT molecular complexity index is 818. The van der Waals surface area contributed by atoms with Crippen LogP contribution in [0.5, 0.6) is 11.5 Å². The van der Waals surface area contributed by atoms with E-state index >= 15 is 0 Å². The van der Waals surface area contributed by atoms with E-state index in [0.29, 0.717) is 36.6 Å². The highest BCUT2D eigenvalue weighted by Gasteiger charge is 2.22. The number of aromatic nitrogens is 1. The fourth-order valence-electron chi connectivity index (χ4n) is 2.61. The Morgan fingerprint density at radius 3 is 2.81 bits per heavy atom. The summed E-state index contributed by atoms with van der Waals surface area (Å²) in [6.07, 6.45) is 1.84. The van der Waals surface area contributed by atoms with Crippen LogP contribution in [-0.2, 0) is 16.0 Å². The summed E-state index contributed by atoms with van der Waals surface area (Å²) in [5.41, 5.74) is 0.510. The summed E-state index contributed by atoms with van der Waals surface area (Å²) >= 11 is 0. The van der Waals surface area contributed by atoms with E-state index in [1.165, 1.54) is 13.4 Å². The topological polar surface area (TPSA) is 100 Å². The second-order valence-corrected chi connectivity index (χ2v) is 5.76. The van der Waals surface area contributed by atoms with Gasteiger partial charge in [0, 0.05) is 25.8 Å². The van der Waals surface area contributed by atoms with Gasteiger partial charge < -0.3 is 28.3 Å². The fraction of sp³-hybridized carbons (Fsp3) is 0.389. The van der Waals surface area contributed by atoms with Crippen molar-refractivity contribution in [1.29, 1.82) is 0 Å². The van der Waals surface area contributed by atoms with Gasteiger partial charge in [-0.05, 0) is 24.6 Å². The minimum absolute atomic E-state index is 0.0554. The summed E-state index contributed by atoms with van der Waals surface area (Å²) in [5.74, 6) is 0.553. The van der Waals surface area contributed by atoms with Crippen LogP contribution in [0.25, 0.3) is 0 Å². The smallest absolute Gasteiger partial charge is 0.360 e. The van der Waals surface area contributed by atoms with Crippen LogP contribution in [0.1, 0.15) is 33.2 Å². The van der Waals surface area contributed by atoms with Crippen molar-refractivity contribution < 1.29 is 33.0 Å². The molecule has 0 unspecified atom stereocenters. The minimum atomic E-state index is -0.599. The van der Waals surface area contributed by atoms with Gasteiger partial charge in [-0.2, -0.15) is 0 Å². The number of benzene rings is 1. The Balaban J connectivity index is 1.76. The fourth-order valence-corrected chi connectivity index (χ4v) is 2.61. The third kappa shape index (κ3) is 4.37. The molecule has 0 saturated carbocycles. The number of carbonyl (C=O) groups is 2. The Hall–Kier alpha value is -3.07. The summed E-state index contributed by atoms with van der Waals surface area (Å²) in [6.45, 7) is 1.17. The monoisotopic (exact) mass is 376 g/mol. The average Bonchev–Trinajstić information content (AvgIpc) is 3.34. The van der Waals surface area contributed by atoms with Crippen LogP contribution in [0.2, 0.25) is 0 Å². The molecule has 27 heavy (non-hydrogen) atoms. The quantitative estimate of drug-likeness (QED) is 0.508. The summed E-state index contributed by atoms with van der Waals surface area (Å²) < 4.78 is 25.6. The van der Waals surface area contributed by atoms with Gasteiger partial charge in [0.1, 0.15) is 6.26 Å². The zero-order valence-electron chi connectivity index (χ0n) is 15.1. The van der Waals surface area contributed by atoms with Gasteiger partial charge in [-0.15, -0.1) is 0 Å². The first-order valence-corrected chi connectivity index (χ1v) is 8.33. The lowest BCUT2D eigenvalue weighted by molar-refractivity contribution is 0.0594. The SMILES string of the molecule is COCCCN(Cc1nc(C(=O)OC)co1)C(=O)c1ccc2c(c1)OCO2. The van der Waals surface area contributed by atoms with E-state index in [1.54, 1.807) is 30.2 Å². The van der Waals surface area contributed by atoms with Gasteiger partial charge in [0.15, 0.2) is 17.2 Å². The number of oxazole rings is 1. The zero-order chi connectivity index (χ0) is 19.2. The molecule has 1 aliphatic heterocycles. The second-order valence-electron chi connectivity index (χ2n) is 5.76. The number of carbonyl (C=O) groups excluding carboxylic acids is 2. The van der Waals surface area contributed by atoms with Crippen molar-refractivity contribution >= 4 is 11.9 Å². The van der Waals surface area contributed by atoms with E-state index < -0.39 is 5.97 Å². The number of methoxy groups -OCH3 is 2.